The number of nitrogens with two attached hydrogens (primary N) is 1. The van der Waals surface area contributed by atoms with Gasteiger partial charge in [0.1, 0.15) is 12.4 Å². The summed E-state index contributed by atoms with van der Waals surface area (Å²) in [5.74, 6) is 2.62. The summed E-state index contributed by atoms with van der Waals surface area (Å²) in [5.41, 5.74) is 8.57. The Kier molecular flexibility index (Phi) is 3.24. The van der Waals surface area contributed by atoms with Crippen molar-refractivity contribution in [1.82, 2.24) is 0 Å². The molecule has 2 N–H and O–H groups in total. The molecule has 1 aromatic carbocycles. The summed E-state index contributed by atoms with van der Waals surface area (Å²) in [6.45, 7) is 1.11. The standard InChI is InChI=1S/C17H22N2O2/c18-17-19-9-14(21-17)10-20-13-5-6-16-12(8-13)7-11-3-1-2-4-15(11)16/h5-6,8,11,14-15H,1-4,7,9-10H2,(H2,18,19). The molecule has 0 radical (unpaired) electrons. The van der Waals surface area contributed by atoms with Gasteiger partial charge in [-0.05, 0) is 54.4 Å². The van der Waals surface area contributed by atoms with Gasteiger partial charge < -0.3 is 15.2 Å². The summed E-state index contributed by atoms with van der Waals surface area (Å²) in [4.78, 5) is 4.03. The van der Waals surface area contributed by atoms with Gasteiger partial charge in [0.05, 0.1) is 6.54 Å². The number of aliphatic imine (C=N–C) groups is 1. The number of rotatable bonds is 3. The summed E-state index contributed by atoms with van der Waals surface area (Å²) < 4.78 is 11.2. The van der Waals surface area contributed by atoms with Gasteiger partial charge in [-0.1, -0.05) is 18.9 Å². The van der Waals surface area contributed by atoms with Gasteiger partial charge in [0.2, 0.25) is 0 Å². The van der Waals surface area contributed by atoms with E-state index in [4.69, 9.17) is 15.2 Å². The Hall–Kier alpha value is -1.71. The van der Waals surface area contributed by atoms with Gasteiger partial charge in [-0.3, -0.25) is 0 Å². The van der Waals surface area contributed by atoms with Crippen molar-refractivity contribution >= 4 is 6.02 Å². The molecule has 0 spiro atoms. The molecule has 1 aliphatic heterocycles. The molecule has 3 atom stereocenters. The highest BCUT2D eigenvalue weighted by molar-refractivity contribution is 5.73. The van der Waals surface area contributed by atoms with Crippen molar-refractivity contribution in [3.05, 3.63) is 29.3 Å². The van der Waals surface area contributed by atoms with Gasteiger partial charge in [0, 0.05) is 0 Å². The summed E-state index contributed by atoms with van der Waals surface area (Å²) in [7, 11) is 0. The van der Waals surface area contributed by atoms with E-state index in [1.807, 2.05) is 0 Å². The maximum absolute atomic E-state index is 5.86. The molecule has 0 aromatic heterocycles. The second kappa shape index (κ2) is 5.24. The Bertz CT molecular complexity index is 570. The van der Waals surface area contributed by atoms with Crippen LogP contribution in [0.3, 0.4) is 0 Å². The van der Waals surface area contributed by atoms with Gasteiger partial charge in [-0.2, -0.15) is 0 Å². The third kappa shape index (κ3) is 2.47. The first-order valence-corrected chi connectivity index (χ1v) is 8.02. The second-order valence-electron chi connectivity index (χ2n) is 6.45. The lowest BCUT2D eigenvalue weighted by atomic mass is 9.80. The number of hydrogen-bond acceptors (Lipinski definition) is 4. The predicted molar refractivity (Wildman–Crippen MR) is 81.7 cm³/mol. The monoisotopic (exact) mass is 286 g/mol. The predicted octanol–water partition coefficient (Wildman–Crippen LogP) is 2.61. The van der Waals surface area contributed by atoms with E-state index in [0.717, 1.165) is 17.6 Å². The van der Waals surface area contributed by atoms with E-state index in [0.29, 0.717) is 13.2 Å². The van der Waals surface area contributed by atoms with Crippen molar-refractivity contribution in [2.24, 2.45) is 16.6 Å². The molecule has 4 nitrogen and oxygen atoms in total. The molecule has 1 heterocycles. The fraction of sp³-hybridized carbons (Fsp3) is 0.588. The van der Waals surface area contributed by atoms with Crippen molar-refractivity contribution in [3.63, 3.8) is 0 Å². The van der Waals surface area contributed by atoms with E-state index in [-0.39, 0.29) is 12.1 Å². The SMILES string of the molecule is NC1=NCC(COc2ccc3c(c2)CC2CCCCC32)O1. The normalized spacial score (nSPS) is 30.3. The van der Waals surface area contributed by atoms with E-state index >= 15 is 0 Å². The van der Waals surface area contributed by atoms with Crippen LogP contribution in [0, 0.1) is 5.92 Å². The highest BCUT2D eigenvalue weighted by Gasteiger charge is 2.34. The Morgan fingerprint density at radius 1 is 1.29 bits per heavy atom. The van der Waals surface area contributed by atoms with E-state index < -0.39 is 0 Å². The molecule has 4 heteroatoms. The van der Waals surface area contributed by atoms with Crippen molar-refractivity contribution in [2.75, 3.05) is 13.2 Å². The molecule has 1 aromatic rings. The molecule has 0 bridgehead atoms. The number of hydrogen-bond donors (Lipinski definition) is 1. The first kappa shape index (κ1) is 13.0. The fourth-order valence-electron chi connectivity index (χ4n) is 4.07. The second-order valence-corrected chi connectivity index (χ2v) is 6.45. The Balaban J connectivity index is 1.42. The van der Waals surface area contributed by atoms with E-state index in [9.17, 15) is 0 Å². The van der Waals surface area contributed by atoms with Crippen LogP contribution >= 0.6 is 0 Å². The number of amidine groups is 1. The first-order valence-electron chi connectivity index (χ1n) is 8.02. The fourth-order valence-corrected chi connectivity index (χ4v) is 4.07. The number of nitrogens with zero attached hydrogens (tertiary/aromatic N) is 1. The first-order chi connectivity index (χ1) is 10.3. The summed E-state index contributed by atoms with van der Waals surface area (Å²) in [6, 6.07) is 6.89. The number of fused-ring (bicyclic) bond motifs is 3. The largest absolute Gasteiger partial charge is 0.490 e. The zero-order chi connectivity index (χ0) is 14.2. The van der Waals surface area contributed by atoms with E-state index in [2.05, 4.69) is 23.2 Å². The van der Waals surface area contributed by atoms with Crippen LogP contribution in [0.5, 0.6) is 5.75 Å². The van der Waals surface area contributed by atoms with E-state index in [1.165, 1.54) is 37.7 Å². The molecule has 1 saturated carbocycles. The molecule has 21 heavy (non-hydrogen) atoms. The third-order valence-corrected chi connectivity index (χ3v) is 5.08. The maximum Gasteiger partial charge on any atom is 0.282 e. The minimum absolute atomic E-state index is 0.0409. The lowest BCUT2D eigenvalue weighted by Crippen LogP contribution is -2.24. The molecule has 4 rings (SSSR count). The lowest BCUT2D eigenvalue weighted by Gasteiger charge is -2.25. The molecule has 1 fully saturated rings. The van der Waals surface area contributed by atoms with Crippen molar-refractivity contribution in [3.8, 4) is 5.75 Å². The van der Waals surface area contributed by atoms with Crippen LogP contribution in [0.25, 0.3) is 0 Å². The van der Waals surface area contributed by atoms with Crippen LogP contribution < -0.4 is 10.5 Å². The Labute approximate surface area is 125 Å². The van der Waals surface area contributed by atoms with Crippen LogP contribution in [0.4, 0.5) is 0 Å². The molecular weight excluding hydrogens is 264 g/mol. The minimum Gasteiger partial charge on any atom is -0.490 e. The zero-order valence-corrected chi connectivity index (χ0v) is 12.3. The summed E-state index contributed by atoms with van der Waals surface area (Å²) in [6.07, 6.45) is 6.73. The molecule has 112 valence electrons. The highest BCUT2D eigenvalue weighted by Crippen LogP contribution is 2.47. The lowest BCUT2D eigenvalue weighted by molar-refractivity contribution is 0.141. The van der Waals surface area contributed by atoms with Crippen molar-refractivity contribution < 1.29 is 9.47 Å². The van der Waals surface area contributed by atoms with Gasteiger partial charge in [-0.25, -0.2) is 4.99 Å². The van der Waals surface area contributed by atoms with Crippen LogP contribution in [0.1, 0.15) is 42.7 Å². The third-order valence-electron chi connectivity index (χ3n) is 5.08. The Morgan fingerprint density at radius 2 is 2.19 bits per heavy atom. The van der Waals surface area contributed by atoms with Crippen LogP contribution in [0.2, 0.25) is 0 Å². The number of benzene rings is 1. The van der Waals surface area contributed by atoms with Gasteiger partial charge in [0.15, 0.2) is 6.10 Å². The minimum atomic E-state index is -0.0409. The van der Waals surface area contributed by atoms with Crippen molar-refractivity contribution in [2.45, 2.75) is 44.1 Å². The van der Waals surface area contributed by atoms with Crippen LogP contribution in [0.15, 0.2) is 23.2 Å². The zero-order valence-electron chi connectivity index (χ0n) is 12.3. The topological polar surface area (TPSA) is 56.8 Å². The van der Waals surface area contributed by atoms with Crippen LogP contribution in [-0.2, 0) is 11.2 Å². The van der Waals surface area contributed by atoms with Crippen molar-refractivity contribution in [1.29, 1.82) is 0 Å². The summed E-state index contributed by atoms with van der Waals surface area (Å²) in [5, 5.41) is 0. The Morgan fingerprint density at radius 3 is 3.05 bits per heavy atom. The molecule has 0 saturated heterocycles. The van der Waals surface area contributed by atoms with Crippen LogP contribution in [-0.4, -0.2) is 25.3 Å². The summed E-state index contributed by atoms with van der Waals surface area (Å²) >= 11 is 0. The average Bonchev–Trinajstić information content (AvgIpc) is 3.07. The quantitative estimate of drug-likeness (QED) is 0.929. The van der Waals surface area contributed by atoms with Gasteiger partial charge in [-0.15, -0.1) is 0 Å². The van der Waals surface area contributed by atoms with E-state index in [1.54, 1.807) is 5.56 Å². The highest BCUT2D eigenvalue weighted by atomic mass is 16.5. The van der Waals surface area contributed by atoms with Gasteiger partial charge >= 0.3 is 0 Å². The molecule has 3 unspecified atom stereocenters. The number of ether oxygens (including phenoxy) is 2. The smallest absolute Gasteiger partial charge is 0.282 e. The average molecular weight is 286 g/mol. The molecular formula is C17H22N2O2. The molecule has 3 aliphatic rings. The maximum atomic E-state index is 5.86. The molecule has 0 amide bonds. The molecule has 2 aliphatic carbocycles. The van der Waals surface area contributed by atoms with Gasteiger partial charge in [0.25, 0.3) is 6.02 Å².